The molecule has 100 valence electrons. The van der Waals surface area contributed by atoms with Gasteiger partial charge in [-0.2, -0.15) is 11.8 Å². The second kappa shape index (κ2) is 7.20. The fraction of sp³-hybridized carbons (Fsp3) is 0.625. The van der Waals surface area contributed by atoms with Crippen LogP contribution in [0.1, 0.15) is 37.7 Å². The Hall–Kier alpha value is -0.470. The molecule has 18 heavy (non-hydrogen) atoms. The molecule has 2 heteroatoms. The summed E-state index contributed by atoms with van der Waals surface area (Å²) in [4.78, 5) is 0. The molecule has 0 bridgehead atoms. The molecule has 0 saturated heterocycles. The van der Waals surface area contributed by atoms with Gasteiger partial charge in [-0.15, -0.1) is 0 Å². The van der Waals surface area contributed by atoms with Crippen molar-refractivity contribution in [3.8, 4) is 0 Å². The van der Waals surface area contributed by atoms with Crippen molar-refractivity contribution in [2.45, 2.75) is 38.1 Å². The lowest BCUT2D eigenvalue weighted by Gasteiger charge is -2.18. The first-order chi connectivity index (χ1) is 8.86. The molecule has 1 N–H and O–H groups in total. The van der Waals surface area contributed by atoms with Gasteiger partial charge in [-0.3, -0.25) is 0 Å². The van der Waals surface area contributed by atoms with Crippen molar-refractivity contribution < 1.29 is 0 Å². The third kappa shape index (κ3) is 3.76. The number of hydrogen-bond donors (Lipinski definition) is 1. The highest BCUT2D eigenvalue weighted by Crippen LogP contribution is 2.50. The third-order valence-electron chi connectivity index (χ3n) is 3.87. The maximum absolute atomic E-state index is 3.75. The van der Waals surface area contributed by atoms with Crippen LogP contribution in [0.25, 0.3) is 0 Å². The van der Waals surface area contributed by atoms with Crippen molar-refractivity contribution in [3.05, 3.63) is 35.9 Å². The minimum atomic E-state index is 0.725. The lowest BCUT2D eigenvalue weighted by molar-refractivity contribution is 0.446. The Balaban J connectivity index is 1.88. The van der Waals surface area contributed by atoms with Gasteiger partial charge in [-0.1, -0.05) is 37.3 Å². The zero-order valence-electron chi connectivity index (χ0n) is 11.6. The van der Waals surface area contributed by atoms with E-state index < -0.39 is 0 Å². The van der Waals surface area contributed by atoms with Crippen LogP contribution in [0.15, 0.2) is 30.3 Å². The number of rotatable bonds is 8. The molecule has 3 unspecified atom stereocenters. The Morgan fingerprint density at radius 3 is 2.78 bits per heavy atom. The van der Waals surface area contributed by atoms with E-state index in [1.165, 1.54) is 30.6 Å². The van der Waals surface area contributed by atoms with Crippen LogP contribution in [-0.4, -0.2) is 24.6 Å². The molecule has 2 rings (SSSR count). The summed E-state index contributed by atoms with van der Waals surface area (Å²) in [5.74, 6) is 2.95. The Bertz CT molecular complexity index is 330. The Morgan fingerprint density at radius 2 is 2.11 bits per heavy atom. The van der Waals surface area contributed by atoms with Gasteiger partial charge in [0.2, 0.25) is 0 Å². The van der Waals surface area contributed by atoms with E-state index in [9.17, 15) is 0 Å². The Labute approximate surface area is 116 Å². The zero-order chi connectivity index (χ0) is 12.8. The molecular weight excluding hydrogens is 238 g/mol. The molecular formula is C16H25NS. The van der Waals surface area contributed by atoms with E-state index >= 15 is 0 Å². The maximum Gasteiger partial charge on any atom is 0.0109 e. The summed E-state index contributed by atoms with van der Waals surface area (Å²) in [7, 11) is 0. The number of hydrogen-bond acceptors (Lipinski definition) is 2. The van der Waals surface area contributed by atoms with Crippen LogP contribution in [0, 0.1) is 5.92 Å². The molecule has 1 aromatic carbocycles. The number of thioether (sulfide) groups is 1. The first kappa shape index (κ1) is 14.0. The second-order valence-corrected chi connectivity index (χ2v) is 6.24. The van der Waals surface area contributed by atoms with Crippen LogP contribution < -0.4 is 5.32 Å². The SMILES string of the molecule is CCCNC(CCSC)C1CC1c1ccccc1. The van der Waals surface area contributed by atoms with Crippen molar-refractivity contribution in [3.63, 3.8) is 0 Å². The first-order valence-corrected chi connectivity index (χ1v) is 8.53. The van der Waals surface area contributed by atoms with E-state index in [0.717, 1.165) is 24.4 Å². The Kier molecular flexibility index (Phi) is 5.58. The van der Waals surface area contributed by atoms with Crippen LogP contribution >= 0.6 is 11.8 Å². The summed E-state index contributed by atoms with van der Waals surface area (Å²) in [5.41, 5.74) is 1.54. The van der Waals surface area contributed by atoms with Crippen molar-refractivity contribution in [2.24, 2.45) is 5.92 Å². The van der Waals surface area contributed by atoms with Gasteiger partial charge in [-0.05, 0) is 55.2 Å². The summed E-state index contributed by atoms with van der Waals surface area (Å²) in [5, 5.41) is 3.75. The molecule has 0 spiro atoms. The smallest absolute Gasteiger partial charge is 0.0109 e. The van der Waals surface area contributed by atoms with Gasteiger partial charge in [0, 0.05) is 6.04 Å². The highest BCUT2D eigenvalue weighted by molar-refractivity contribution is 7.98. The molecule has 1 fully saturated rings. The number of benzene rings is 1. The van der Waals surface area contributed by atoms with Crippen molar-refractivity contribution in [1.29, 1.82) is 0 Å². The van der Waals surface area contributed by atoms with Gasteiger partial charge >= 0.3 is 0 Å². The largest absolute Gasteiger partial charge is 0.314 e. The van der Waals surface area contributed by atoms with Gasteiger partial charge in [-0.25, -0.2) is 0 Å². The van der Waals surface area contributed by atoms with Gasteiger partial charge < -0.3 is 5.32 Å². The minimum absolute atomic E-state index is 0.725. The average molecular weight is 263 g/mol. The molecule has 1 aliphatic rings. The van der Waals surface area contributed by atoms with Crippen molar-refractivity contribution in [1.82, 2.24) is 5.32 Å². The van der Waals surface area contributed by atoms with Crippen LogP contribution in [-0.2, 0) is 0 Å². The standard InChI is InChI=1S/C16H25NS/c1-3-10-17-16(9-11-18-2)15-12-14(15)13-7-5-4-6-8-13/h4-8,14-17H,3,9-12H2,1-2H3. The zero-order valence-corrected chi connectivity index (χ0v) is 12.4. The highest BCUT2D eigenvalue weighted by atomic mass is 32.2. The van der Waals surface area contributed by atoms with Gasteiger partial charge in [0.1, 0.15) is 0 Å². The molecule has 1 aliphatic carbocycles. The quantitative estimate of drug-likeness (QED) is 0.763. The van der Waals surface area contributed by atoms with E-state index in [1.54, 1.807) is 0 Å². The molecule has 0 heterocycles. The van der Waals surface area contributed by atoms with E-state index in [0.29, 0.717) is 0 Å². The summed E-state index contributed by atoms with van der Waals surface area (Å²) < 4.78 is 0. The number of nitrogens with one attached hydrogen (secondary N) is 1. The summed E-state index contributed by atoms with van der Waals surface area (Å²) in [6.45, 7) is 3.41. The van der Waals surface area contributed by atoms with E-state index in [-0.39, 0.29) is 0 Å². The van der Waals surface area contributed by atoms with Crippen LogP contribution in [0.5, 0.6) is 0 Å². The summed E-state index contributed by atoms with van der Waals surface area (Å²) in [6, 6.07) is 11.7. The predicted octanol–water partition coefficient (Wildman–Crippen LogP) is 3.91. The molecule has 0 aromatic heterocycles. The van der Waals surface area contributed by atoms with Crippen LogP contribution in [0.4, 0.5) is 0 Å². The van der Waals surface area contributed by atoms with E-state index in [1.807, 2.05) is 11.8 Å². The minimum Gasteiger partial charge on any atom is -0.314 e. The molecule has 3 atom stereocenters. The second-order valence-electron chi connectivity index (χ2n) is 5.26. The summed E-state index contributed by atoms with van der Waals surface area (Å²) >= 11 is 1.97. The third-order valence-corrected chi connectivity index (χ3v) is 4.52. The Morgan fingerprint density at radius 1 is 1.33 bits per heavy atom. The van der Waals surface area contributed by atoms with Crippen molar-refractivity contribution >= 4 is 11.8 Å². The molecule has 1 nitrogen and oxygen atoms in total. The monoisotopic (exact) mass is 263 g/mol. The molecule has 0 amide bonds. The molecule has 1 saturated carbocycles. The fourth-order valence-electron chi connectivity index (χ4n) is 2.78. The first-order valence-electron chi connectivity index (χ1n) is 7.14. The lowest BCUT2D eigenvalue weighted by Crippen LogP contribution is -2.32. The topological polar surface area (TPSA) is 12.0 Å². The van der Waals surface area contributed by atoms with Crippen LogP contribution in [0.2, 0.25) is 0 Å². The predicted molar refractivity (Wildman–Crippen MR) is 82.4 cm³/mol. The van der Waals surface area contributed by atoms with Gasteiger partial charge in [0.05, 0.1) is 0 Å². The highest BCUT2D eigenvalue weighted by Gasteiger charge is 2.42. The van der Waals surface area contributed by atoms with Crippen LogP contribution in [0.3, 0.4) is 0 Å². The van der Waals surface area contributed by atoms with Gasteiger partial charge in [0.25, 0.3) is 0 Å². The van der Waals surface area contributed by atoms with Gasteiger partial charge in [0.15, 0.2) is 0 Å². The summed E-state index contributed by atoms with van der Waals surface area (Å²) in [6.07, 6.45) is 6.13. The van der Waals surface area contributed by atoms with E-state index in [4.69, 9.17) is 0 Å². The van der Waals surface area contributed by atoms with Crippen molar-refractivity contribution in [2.75, 3.05) is 18.6 Å². The fourth-order valence-corrected chi connectivity index (χ4v) is 3.27. The molecule has 1 aromatic rings. The molecule has 0 aliphatic heterocycles. The lowest BCUT2D eigenvalue weighted by atomic mass is 10.0. The molecule has 0 radical (unpaired) electrons. The average Bonchev–Trinajstić information content (AvgIpc) is 3.20. The normalized spacial score (nSPS) is 23.9. The maximum atomic E-state index is 3.75. The van der Waals surface area contributed by atoms with E-state index in [2.05, 4.69) is 48.8 Å².